The first-order valence-electron chi connectivity index (χ1n) is 6.48. The Kier molecular flexibility index (Phi) is 13.2. The van der Waals surface area contributed by atoms with Gasteiger partial charge in [-0.1, -0.05) is 91.0 Å². The minimum Gasteiger partial charge on any atom is -0.358 e. The maximum atomic E-state index is 2.24. The SMILES string of the molecule is [CH3-].[CH3-].[Li+].[Zn+2].c1ccc([Si-](c2ccccc2)c2ccccc2)cc1. The van der Waals surface area contributed by atoms with E-state index >= 15 is 0 Å². The summed E-state index contributed by atoms with van der Waals surface area (Å²) in [6.45, 7) is 0. The van der Waals surface area contributed by atoms with Gasteiger partial charge in [0.05, 0.1) is 0 Å². The van der Waals surface area contributed by atoms with E-state index in [4.69, 9.17) is 0 Å². The van der Waals surface area contributed by atoms with E-state index in [9.17, 15) is 0 Å². The second kappa shape index (κ2) is 12.5. The van der Waals surface area contributed by atoms with Gasteiger partial charge in [0, 0.05) is 0 Å². The van der Waals surface area contributed by atoms with E-state index in [1.807, 2.05) is 0 Å². The van der Waals surface area contributed by atoms with Crippen molar-refractivity contribution in [2.75, 3.05) is 0 Å². The van der Waals surface area contributed by atoms with Gasteiger partial charge < -0.3 is 14.9 Å². The van der Waals surface area contributed by atoms with Crippen LogP contribution in [0.2, 0.25) is 0 Å². The Bertz CT molecular complexity index is 536. The summed E-state index contributed by atoms with van der Waals surface area (Å²) in [5.41, 5.74) is 0. The van der Waals surface area contributed by atoms with Crippen LogP contribution in [0.15, 0.2) is 91.0 Å². The summed E-state index contributed by atoms with van der Waals surface area (Å²) in [4.78, 5) is 0. The fourth-order valence-electron chi connectivity index (χ4n) is 2.31. The van der Waals surface area contributed by atoms with Gasteiger partial charge in [0.1, 0.15) is 0 Å². The van der Waals surface area contributed by atoms with Crippen LogP contribution in [-0.4, -0.2) is 8.80 Å². The largest absolute Gasteiger partial charge is 2.00 e. The van der Waals surface area contributed by atoms with Gasteiger partial charge in [-0.25, -0.2) is 8.80 Å². The topological polar surface area (TPSA) is 0 Å². The Labute approximate surface area is 167 Å². The zero-order valence-corrected chi connectivity index (χ0v) is 18.3. The molecule has 0 bridgehead atoms. The minimum absolute atomic E-state index is 0. The van der Waals surface area contributed by atoms with Gasteiger partial charge in [0.25, 0.3) is 0 Å². The zero-order chi connectivity index (χ0) is 12.9. The molecule has 0 saturated carbocycles. The minimum atomic E-state index is -0.877. The third-order valence-electron chi connectivity index (χ3n) is 3.19. The Morgan fingerprint density at radius 2 is 0.652 bits per heavy atom. The van der Waals surface area contributed by atoms with Crippen LogP contribution in [0, 0.1) is 14.9 Å². The number of hydrogen-bond donors (Lipinski definition) is 0. The van der Waals surface area contributed by atoms with Gasteiger partial charge in [0.2, 0.25) is 0 Å². The molecule has 0 saturated heterocycles. The third kappa shape index (κ3) is 6.25. The molecule has 3 aromatic rings. The van der Waals surface area contributed by atoms with Crippen LogP contribution < -0.4 is 34.4 Å². The molecule has 0 aliphatic heterocycles. The average molecular weight is 362 g/mol. The molecule has 0 N–H and O–H groups in total. The van der Waals surface area contributed by atoms with Gasteiger partial charge in [-0.05, 0) is 0 Å². The first kappa shape index (κ1) is 24.4. The van der Waals surface area contributed by atoms with E-state index in [2.05, 4.69) is 91.0 Å². The van der Waals surface area contributed by atoms with Gasteiger partial charge in [-0.2, -0.15) is 15.6 Å². The third-order valence-corrected chi connectivity index (χ3v) is 5.92. The fourth-order valence-corrected chi connectivity index (χ4v) is 4.89. The van der Waals surface area contributed by atoms with Crippen LogP contribution in [0.1, 0.15) is 0 Å². The summed E-state index contributed by atoms with van der Waals surface area (Å²) >= 11 is 0. The van der Waals surface area contributed by atoms with Crippen molar-refractivity contribution >= 4 is 24.4 Å². The summed E-state index contributed by atoms with van der Waals surface area (Å²) < 4.78 is 0. The predicted molar refractivity (Wildman–Crippen MR) is 96.8 cm³/mol. The second-order valence-corrected chi connectivity index (χ2v) is 6.96. The number of rotatable bonds is 3. The molecule has 3 aromatic carbocycles. The van der Waals surface area contributed by atoms with Crippen molar-refractivity contribution in [3.05, 3.63) is 106 Å². The molecule has 0 unspecified atom stereocenters. The number of hydrogen-bond acceptors (Lipinski definition) is 0. The summed E-state index contributed by atoms with van der Waals surface area (Å²) in [5.74, 6) is 0. The van der Waals surface area contributed by atoms with Crippen molar-refractivity contribution in [2.45, 2.75) is 0 Å². The van der Waals surface area contributed by atoms with E-state index in [0.29, 0.717) is 0 Å². The summed E-state index contributed by atoms with van der Waals surface area (Å²) in [5, 5.41) is 4.31. The Balaban J connectivity index is 0. The first-order chi connectivity index (χ1) is 9.45. The molecular formula is C20H21LiSiZn. The maximum absolute atomic E-state index is 2.24. The normalized spacial score (nSPS) is 8.35. The van der Waals surface area contributed by atoms with Gasteiger partial charge >= 0.3 is 38.3 Å². The predicted octanol–water partition coefficient (Wildman–Crippen LogP) is 0.105. The summed E-state index contributed by atoms with van der Waals surface area (Å²) in [7, 11) is -0.877. The van der Waals surface area contributed by atoms with Crippen molar-refractivity contribution in [1.82, 2.24) is 0 Å². The van der Waals surface area contributed by atoms with Crippen molar-refractivity contribution in [2.24, 2.45) is 0 Å². The average Bonchev–Trinajstić information content (AvgIpc) is 2.51. The van der Waals surface area contributed by atoms with Crippen molar-refractivity contribution < 1.29 is 38.3 Å². The van der Waals surface area contributed by atoms with Crippen LogP contribution >= 0.6 is 0 Å². The van der Waals surface area contributed by atoms with Crippen molar-refractivity contribution in [3.8, 4) is 0 Å². The molecule has 0 aliphatic carbocycles. The van der Waals surface area contributed by atoms with E-state index in [1.54, 1.807) is 0 Å². The fraction of sp³-hybridized carbons (Fsp3) is 0. The molecular weight excluding hydrogens is 341 g/mol. The Morgan fingerprint density at radius 1 is 0.435 bits per heavy atom. The van der Waals surface area contributed by atoms with Crippen LogP contribution in [0.5, 0.6) is 0 Å². The van der Waals surface area contributed by atoms with E-state index in [-0.39, 0.29) is 53.2 Å². The smallest absolute Gasteiger partial charge is 0.358 e. The quantitative estimate of drug-likeness (QED) is 0.353. The van der Waals surface area contributed by atoms with Crippen LogP contribution in [0.3, 0.4) is 0 Å². The second-order valence-electron chi connectivity index (χ2n) is 4.47. The number of benzene rings is 3. The molecule has 0 fully saturated rings. The van der Waals surface area contributed by atoms with E-state index < -0.39 is 8.80 Å². The monoisotopic (exact) mass is 360 g/mol. The molecule has 0 aromatic heterocycles. The Hall–Kier alpha value is -0.902. The molecule has 0 amide bonds. The van der Waals surface area contributed by atoms with Crippen molar-refractivity contribution in [3.63, 3.8) is 0 Å². The van der Waals surface area contributed by atoms with E-state index in [1.165, 1.54) is 15.6 Å². The van der Waals surface area contributed by atoms with Crippen LogP contribution in [0.4, 0.5) is 0 Å². The molecule has 108 valence electrons. The molecule has 23 heavy (non-hydrogen) atoms. The van der Waals surface area contributed by atoms with Gasteiger partial charge in [-0.3, -0.25) is 0 Å². The van der Waals surface area contributed by atoms with Crippen molar-refractivity contribution in [1.29, 1.82) is 0 Å². The summed E-state index contributed by atoms with van der Waals surface area (Å²) in [6.07, 6.45) is 0. The molecule has 0 radical (unpaired) electrons. The van der Waals surface area contributed by atoms with Crippen LogP contribution in [0.25, 0.3) is 0 Å². The summed E-state index contributed by atoms with van der Waals surface area (Å²) in [6, 6.07) is 32.5. The molecule has 0 atom stereocenters. The van der Waals surface area contributed by atoms with Crippen LogP contribution in [-0.2, 0) is 19.5 Å². The molecule has 0 aliphatic rings. The van der Waals surface area contributed by atoms with E-state index in [0.717, 1.165) is 0 Å². The van der Waals surface area contributed by atoms with Gasteiger partial charge in [0.15, 0.2) is 0 Å². The molecule has 0 nitrogen and oxygen atoms in total. The molecule has 0 spiro atoms. The molecule has 3 heteroatoms. The van der Waals surface area contributed by atoms with Gasteiger partial charge in [-0.15, -0.1) is 0 Å². The molecule has 0 heterocycles. The Morgan fingerprint density at radius 3 is 0.870 bits per heavy atom. The standard InChI is InChI=1S/C18H15Si.2CH3.Li.Zn/c1-4-10-16(11-5-1)19(17-12-6-2-7-13-17)18-14-8-3-9-15-18;;;;/h1-15H;2*1H3;;/q3*-1;+1;+2. The maximum Gasteiger partial charge on any atom is 2.00 e. The first-order valence-corrected chi connectivity index (χ1v) is 7.98. The molecule has 3 rings (SSSR count). The zero-order valence-electron chi connectivity index (χ0n) is 14.4.